The topological polar surface area (TPSA) is 78.3 Å². The predicted molar refractivity (Wildman–Crippen MR) is 138 cm³/mol. The van der Waals surface area contributed by atoms with E-state index in [1.807, 2.05) is 6.07 Å². The first-order chi connectivity index (χ1) is 17.5. The lowest BCUT2D eigenvalue weighted by atomic mass is 10.1. The second-order valence-corrected chi connectivity index (χ2v) is 12.3. The summed E-state index contributed by atoms with van der Waals surface area (Å²) >= 11 is 0. The van der Waals surface area contributed by atoms with Gasteiger partial charge < -0.3 is 19.1 Å². The van der Waals surface area contributed by atoms with E-state index in [4.69, 9.17) is 4.74 Å². The normalized spacial score (nSPS) is 19.0. The first-order valence-corrected chi connectivity index (χ1v) is 14.2. The van der Waals surface area contributed by atoms with Crippen molar-refractivity contribution < 1.29 is 26.7 Å². The van der Waals surface area contributed by atoms with Gasteiger partial charge in [-0.05, 0) is 51.0 Å². The van der Waals surface area contributed by atoms with Crippen LogP contribution in [0.4, 0.5) is 8.78 Å². The molecule has 2 fully saturated rings. The zero-order valence-electron chi connectivity index (χ0n) is 21.9. The molecule has 0 spiro atoms. The Hall–Kier alpha value is -2.28. The molecule has 3 heterocycles. The van der Waals surface area contributed by atoms with Crippen LogP contribution in [-0.2, 0) is 16.8 Å². The summed E-state index contributed by atoms with van der Waals surface area (Å²) in [7, 11) is -0.654. The van der Waals surface area contributed by atoms with Crippen LogP contribution < -0.4 is 4.74 Å². The maximum absolute atomic E-state index is 13.5. The Labute approximate surface area is 217 Å². The number of amides is 1. The molecule has 206 valence electrons. The molecule has 0 aliphatic carbocycles. The third-order valence-electron chi connectivity index (χ3n) is 7.24. The van der Waals surface area contributed by atoms with Crippen LogP contribution >= 0.6 is 0 Å². The molecule has 1 aromatic carbocycles. The summed E-state index contributed by atoms with van der Waals surface area (Å²) in [6, 6.07) is 7.46. The summed E-state index contributed by atoms with van der Waals surface area (Å²) in [5, 5.41) is 0.662. The number of nitrogens with zero attached hydrogens (tertiary/aromatic N) is 5. The first kappa shape index (κ1) is 27.7. The highest BCUT2D eigenvalue weighted by atomic mass is 32.2. The highest BCUT2D eigenvalue weighted by Gasteiger charge is 2.32. The van der Waals surface area contributed by atoms with Gasteiger partial charge in [0, 0.05) is 70.3 Å². The zero-order chi connectivity index (χ0) is 26.9. The highest BCUT2D eigenvalue weighted by Crippen LogP contribution is 2.29. The number of likely N-dealkylation sites (tertiary alicyclic amines) is 1. The molecule has 2 aliphatic heterocycles. The van der Waals surface area contributed by atoms with Gasteiger partial charge in [-0.3, -0.25) is 4.79 Å². The molecule has 0 bridgehead atoms. The summed E-state index contributed by atoms with van der Waals surface area (Å²) < 4.78 is 61.8. The van der Waals surface area contributed by atoms with Crippen LogP contribution in [0.5, 0.6) is 5.75 Å². The molecule has 4 rings (SSSR count). The summed E-state index contributed by atoms with van der Waals surface area (Å²) in [6.07, 6.45) is -0.707. The molecule has 2 aliphatic rings. The third kappa shape index (κ3) is 6.08. The summed E-state index contributed by atoms with van der Waals surface area (Å²) in [6.45, 7) is 6.37. The average Bonchev–Trinajstić information content (AvgIpc) is 3.20. The molecule has 1 aromatic heterocycles. The van der Waals surface area contributed by atoms with E-state index in [2.05, 4.69) is 18.7 Å². The number of hydrogen-bond donors (Lipinski definition) is 0. The van der Waals surface area contributed by atoms with Gasteiger partial charge >= 0.3 is 0 Å². The maximum atomic E-state index is 13.5. The Bertz CT molecular complexity index is 1200. The van der Waals surface area contributed by atoms with Gasteiger partial charge in [-0.2, -0.15) is 17.0 Å². The standard InChI is InChI=1S/C25H37F2N5O4S/c1-18(2)29-9-7-20(8-10-29)36-21-5-6-22-19(15-21)16-23(32(22)17-24(26)27)25(33)30-11-13-31(14-12-30)37(34,35)28(3)4/h5-6,15-16,18,20,24H,7-14,17H2,1-4H3. The van der Waals surface area contributed by atoms with Crippen molar-refractivity contribution in [2.24, 2.45) is 0 Å². The molecule has 9 nitrogen and oxygen atoms in total. The molecule has 2 saturated heterocycles. The number of piperidine rings is 1. The quantitative estimate of drug-likeness (QED) is 0.514. The number of alkyl halides is 2. The van der Waals surface area contributed by atoms with Crippen LogP contribution in [0.1, 0.15) is 37.2 Å². The van der Waals surface area contributed by atoms with Crippen molar-refractivity contribution in [1.82, 2.24) is 23.0 Å². The summed E-state index contributed by atoms with van der Waals surface area (Å²) in [5.41, 5.74) is 0.709. The fourth-order valence-electron chi connectivity index (χ4n) is 5.05. The number of fused-ring (bicyclic) bond motifs is 1. The zero-order valence-corrected chi connectivity index (χ0v) is 22.8. The Balaban J connectivity index is 1.51. The molecule has 37 heavy (non-hydrogen) atoms. The van der Waals surface area contributed by atoms with Crippen molar-refractivity contribution in [2.75, 3.05) is 53.4 Å². The lowest BCUT2D eigenvalue weighted by Gasteiger charge is -2.35. The van der Waals surface area contributed by atoms with E-state index in [1.165, 1.54) is 27.9 Å². The fourth-order valence-corrected chi connectivity index (χ4v) is 6.14. The highest BCUT2D eigenvalue weighted by molar-refractivity contribution is 7.86. The molecule has 1 amide bonds. The number of rotatable bonds is 8. The van der Waals surface area contributed by atoms with Crippen molar-refractivity contribution in [1.29, 1.82) is 0 Å². The predicted octanol–water partition coefficient (Wildman–Crippen LogP) is 2.72. The molecule has 0 unspecified atom stereocenters. The molecular weight excluding hydrogens is 504 g/mol. The van der Waals surface area contributed by atoms with Gasteiger partial charge in [-0.1, -0.05) is 0 Å². The van der Waals surface area contributed by atoms with Gasteiger partial charge in [-0.25, -0.2) is 8.78 Å². The van der Waals surface area contributed by atoms with Gasteiger partial charge in [-0.15, -0.1) is 0 Å². The number of halogens is 2. The molecule has 0 atom stereocenters. The molecule has 0 radical (unpaired) electrons. The lowest BCUT2D eigenvalue weighted by Crippen LogP contribution is -2.53. The second-order valence-electron chi connectivity index (χ2n) is 10.2. The monoisotopic (exact) mass is 541 g/mol. The van der Waals surface area contributed by atoms with Crippen LogP contribution in [-0.4, -0.2) is 109 Å². The van der Waals surface area contributed by atoms with E-state index in [0.29, 0.717) is 22.7 Å². The Kier molecular flexibility index (Phi) is 8.41. The SMILES string of the molecule is CC(C)N1CCC(Oc2ccc3c(c2)cc(C(=O)N2CCN(S(=O)(=O)N(C)C)CC2)n3CC(F)F)CC1. The molecule has 2 aromatic rings. The number of carbonyl (C=O) groups excluding carboxylic acids is 1. The fraction of sp³-hybridized carbons (Fsp3) is 0.640. The van der Waals surface area contributed by atoms with Crippen LogP contribution in [0.15, 0.2) is 24.3 Å². The van der Waals surface area contributed by atoms with Crippen LogP contribution in [0.3, 0.4) is 0 Å². The van der Waals surface area contributed by atoms with E-state index >= 15 is 0 Å². The second kappa shape index (κ2) is 11.2. The van der Waals surface area contributed by atoms with Crippen LogP contribution in [0.2, 0.25) is 0 Å². The Morgan fingerprint density at radius 1 is 1.05 bits per heavy atom. The largest absolute Gasteiger partial charge is 0.490 e. The van der Waals surface area contributed by atoms with E-state index < -0.39 is 23.2 Å². The Morgan fingerprint density at radius 3 is 2.27 bits per heavy atom. The maximum Gasteiger partial charge on any atom is 0.281 e. The van der Waals surface area contributed by atoms with E-state index in [0.717, 1.165) is 30.2 Å². The summed E-state index contributed by atoms with van der Waals surface area (Å²) in [5.74, 6) is 0.272. The van der Waals surface area contributed by atoms with Crippen LogP contribution in [0, 0.1) is 0 Å². The van der Waals surface area contributed by atoms with Crippen molar-refractivity contribution >= 4 is 27.0 Å². The van der Waals surface area contributed by atoms with Gasteiger partial charge in [0.25, 0.3) is 22.5 Å². The van der Waals surface area contributed by atoms with Crippen molar-refractivity contribution in [3.05, 3.63) is 30.0 Å². The van der Waals surface area contributed by atoms with Crippen molar-refractivity contribution in [3.8, 4) is 5.75 Å². The number of hydrogen-bond acceptors (Lipinski definition) is 5. The molecular formula is C25H37F2N5O4S. The van der Waals surface area contributed by atoms with Gasteiger partial charge in [0.2, 0.25) is 0 Å². The number of ether oxygens (including phenoxy) is 1. The van der Waals surface area contributed by atoms with E-state index in [9.17, 15) is 22.0 Å². The average molecular weight is 542 g/mol. The van der Waals surface area contributed by atoms with Crippen molar-refractivity contribution in [2.45, 2.75) is 51.8 Å². The van der Waals surface area contributed by atoms with Crippen LogP contribution in [0.25, 0.3) is 10.9 Å². The number of piperazine rings is 1. The van der Waals surface area contributed by atoms with E-state index in [-0.39, 0.29) is 43.9 Å². The van der Waals surface area contributed by atoms with E-state index in [1.54, 1.807) is 18.2 Å². The Morgan fingerprint density at radius 2 is 1.70 bits per heavy atom. The third-order valence-corrected chi connectivity index (χ3v) is 9.18. The lowest BCUT2D eigenvalue weighted by molar-refractivity contribution is 0.0676. The molecule has 12 heteroatoms. The number of carbonyl (C=O) groups is 1. The van der Waals surface area contributed by atoms with Gasteiger partial charge in [0.1, 0.15) is 17.5 Å². The minimum absolute atomic E-state index is 0.0893. The summed E-state index contributed by atoms with van der Waals surface area (Å²) in [4.78, 5) is 17.3. The first-order valence-electron chi connectivity index (χ1n) is 12.8. The van der Waals surface area contributed by atoms with Gasteiger partial charge in [0.05, 0.1) is 6.54 Å². The minimum Gasteiger partial charge on any atom is -0.490 e. The van der Waals surface area contributed by atoms with Crippen molar-refractivity contribution in [3.63, 3.8) is 0 Å². The number of benzene rings is 1. The minimum atomic E-state index is -3.58. The molecule has 0 saturated carbocycles. The molecule has 0 N–H and O–H groups in total. The van der Waals surface area contributed by atoms with Gasteiger partial charge in [0.15, 0.2) is 0 Å². The smallest absolute Gasteiger partial charge is 0.281 e. The number of aromatic nitrogens is 1.